The summed E-state index contributed by atoms with van der Waals surface area (Å²) in [5.74, 6) is -0.694. The Labute approximate surface area is 196 Å². The Bertz CT molecular complexity index is 1270. The predicted molar refractivity (Wildman–Crippen MR) is 125 cm³/mol. The van der Waals surface area contributed by atoms with Gasteiger partial charge in [0.15, 0.2) is 11.6 Å². The molecule has 178 valence electrons. The van der Waals surface area contributed by atoms with E-state index in [1.54, 1.807) is 18.0 Å². The first kappa shape index (κ1) is 22.2. The van der Waals surface area contributed by atoms with Crippen molar-refractivity contribution in [1.82, 2.24) is 24.6 Å². The normalized spacial score (nSPS) is 16.1. The highest BCUT2D eigenvalue weighted by molar-refractivity contribution is 6.04. The molecule has 2 aliphatic rings. The molecular formula is C23H26F2N8O. The number of carbonyl (C=O) groups is 1. The maximum absolute atomic E-state index is 15.2. The van der Waals surface area contributed by atoms with Gasteiger partial charge in [0, 0.05) is 37.8 Å². The van der Waals surface area contributed by atoms with Crippen LogP contribution in [0.4, 0.5) is 31.9 Å². The summed E-state index contributed by atoms with van der Waals surface area (Å²) in [6.07, 6.45) is 1.04. The van der Waals surface area contributed by atoms with E-state index in [-0.39, 0.29) is 35.7 Å². The van der Waals surface area contributed by atoms with E-state index in [9.17, 15) is 9.18 Å². The summed E-state index contributed by atoms with van der Waals surface area (Å²) in [6.45, 7) is 6.23. The van der Waals surface area contributed by atoms with Crippen LogP contribution in [-0.2, 0) is 17.9 Å². The average Bonchev–Trinajstić information content (AvgIpc) is 3.15. The van der Waals surface area contributed by atoms with Gasteiger partial charge in [0.2, 0.25) is 11.9 Å². The molecule has 34 heavy (non-hydrogen) atoms. The third-order valence-electron chi connectivity index (χ3n) is 6.09. The van der Waals surface area contributed by atoms with Crippen LogP contribution in [0.3, 0.4) is 0 Å². The average molecular weight is 469 g/mol. The van der Waals surface area contributed by atoms with Crippen LogP contribution in [0.25, 0.3) is 11.3 Å². The van der Waals surface area contributed by atoms with Crippen LogP contribution in [0.2, 0.25) is 0 Å². The molecule has 2 aromatic heterocycles. The highest BCUT2D eigenvalue weighted by Gasteiger charge is 2.32. The van der Waals surface area contributed by atoms with Gasteiger partial charge in [-0.3, -0.25) is 14.4 Å². The Balaban J connectivity index is 1.52. The third-order valence-corrected chi connectivity index (χ3v) is 6.09. The number of nitrogens with zero attached hydrogens (tertiary/aromatic N) is 7. The van der Waals surface area contributed by atoms with Crippen molar-refractivity contribution in [2.24, 2.45) is 0 Å². The van der Waals surface area contributed by atoms with Gasteiger partial charge in [-0.15, -0.1) is 0 Å². The van der Waals surface area contributed by atoms with Crippen molar-refractivity contribution in [3.8, 4) is 11.3 Å². The zero-order chi connectivity index (χ0) is 24.1. The quantitative estimate of drug-likeness (QED) is 0.630. The minimum atomic E-state index is -0.692. The van der Waals surface area contributed by atoms with Gasteiger partial charge in [-0.1, -0.05) is 0 Å². The van der Waals surface area contributed by atoms with Gasteiger partial charge in [0.25, 0.3) is 0 Å². The van der Waals surface area contributed by atoms with Crippen molar-refractivity contribution in [1.29, 1.82) is 0 Å². The van der Waals surface area contributed by atoms with Crippen molar-refractivity contribution in [2.45, 2.75) is 33.0 Å². The minimum Gasteiger partial charge on any atom is -0.361 e. The summed E-state index contributed by atoms with van der Waals surface area (Å²) < 4.78 is 31.9. The monoisotopic (exact) mass is 468 g/mol. The van der Waals surface area contributed by atoms with E-state index in [2.05, 4.69) is 25.3 Å². The molecule has 0 saturated carbocycles. The Kier molecular flexibility index (Phi) is 5.43. The predicted octanol–water partition coefficient (Wildman–Crippen LogP) is 3.00. The number of amides is 1. The highest BCUT2D eigenvalue weighted by atomic mass is 19.1. The zero-order valence-corrected chi connectivity index (χ0v) is 19.5. The van der Waals surface area contributed by atoms with Gasteiger partial charge < -0.3 is 15.1 Å². The Morgan fingerprint density at radius 3 is 2.62 bits per heavy atom. The number of hydrogen-bond donors (Lipinski definition) is 1. The van der Waals surface area contributed by atoms with Crippen LogP contribution in [0.15, 0.2) is 24.4 Å². The van der Waals surface area contributed by atoms with Gasteiger partial charge in [-0.25, -0.2) is 18.7 Å². The van der Waals surface area contributed by atoms with Gasteiger partial charge in [0.1, 0.15) is 11.5 Å². The maximum Gasteiger partial charge on any atom is 0.246 e. The molecule has 1 aromatic carbocycles. The first-order valence-electron chi connectivity index (χ1n) is 11.1. The van der Waals surface area contributed by atoms with Crippen molar-refractivity contribution in [3.05, 3.63) is 41.7 Å². The molecule has 1 N–H and O–H groups in total. The molecule has 11 heteroatoms. The second-order valence-corrected chi connectivity index (χ2v) is 9.04. The van der Waals surface area contributed by atoms with Crippen LogP contribution in [0.1, 0.15) is 19.5 Å². The van der Waals surface area contributed by atoms with E-state index in [1.807, 2.05) is 31.6 Å². The number of likely N-dealkylation sites (N-methyl/N-ethyl adjacent to an activating group) is 2. The number of hydrogen-bond acceptors (Lipinski definition) is 7. The molecule has 0 unspecified atom stereocenters. The van der Waals surface area contributed by atoms with Crippen LogP contribution in [0.5, 0.6) is 0 Å². The number of rotatable bonds is 4. The van der Waals surface area contributed by atoms with Crippen LogP contribution < -0.4 is 15.1 Å². The SMILES string of the molecule is CC(C)N1C(=O)CN(C)c2c(F)cc(-c3nc(Nc4cc5n(n4)CCN(C)C5)ncc3F)cc21. The lowest BCUT2D eigenvalue weighted by atomic mass is 10.0. The van der Waals surface area contributed by atoms with E-state index < -0.39 is 11.6 Å². The molecule has 9 nitrogen and oxygen atoms in total. The van der Waals surface area contributed by atoms with E-state index >= 15 is 4.39 Å². The zero-order valence-electron chi connectivity index (χ0n) is 19.5. The van der Waals surface area contributed by atoms with Crippen LogP contribution in [-0.4, -0.2) is 63.8 Å². The lowest BCUT2D eigenvalue weighted by molar-refractivity contribution is -0.117. The molecule has 0 aliphatic carbocycles. The molecule has 0 fully saturated rings. The molecule has 3 aromatic rings. The van der Waals surface area contributed by atoms with Crippen molar-refractivity contribution in [3.63, 3.8) is 0 Å². The van der Waals surface area contributed by atoms with Crippen LogP contribution in [0, 0.1) is 11.6 Å². The van der Waals surface area contributed by atoms with Crippen molar-refractivity contribution >= 4 is 29.0 Å². The molecule has 2 aliphatic heterocycles. The molecule has 0 spiro atoms. The number of anilines is 4. The van der Waals surface area contributed by atoms with E-state index in [0.717, 1.165) is 31.5 Å². The molecule has 0 radical (unpaired) electrons. The summed E-state index contributed by atoms with van der Waals surface area (Å²) in [4.78, 5) is 26.3. The van der Waals surface area contributed by atoms with E-state index in [0.29, 0.717) is 17.2 Å². The number of aromatic nitrogens is 4. The van der Waals surface area contributed by atoms with Gasteiger partial charge in [0.05, 0.1) is 36.4 Å². The number of nitrogens with one attached hydrogen (secondary N) is 1. The number of fused-ring (bicyclic) bond motifs is 2. The summed E-state index contributed by atoms with van der Waals surface area (Å²) >= 11 is 0. The Morgan fingerprint density at radius 2 is 1.85 bits per heavy atom. The highest BCUT2D eigenvalue weighted by Crippen LogP contribution is 2.40. The molecule has 0 bridgehead atoms. The topological polar surface area (TPSA) is 82.4 Å². The van der Waals surface area contributed by atoms with E-state index in [4.69, 9.17) is 0 Å². The second-order valence-electron chi connectivity index (χ2n) is 9.04. The standard InChI is InChI=1S/C23H26F2N8O/c1-13(2)33-18-8-14(7-16(24)22(18)31(4)12-20(33)34)21-17(25)10-26-23(28-21)27-19-9-15-11-30(3)5-6-32(15)29-19/h7-10,13H,5-6,11-12H2,1-4H3,(H,26,27,28,29). The Hall–Kier alpha value is -3.60. The molecule has 0 saturated heterocycles. The molecular weight excluding hydrogens is 442 g/mol. The summed E-state index contributed by atoms with van der Waals surface area (Å²) in [7, 11) is 3.70. The number of benzene rings is 1. The largest absolute Gasteiger partial charge is 0.361 e. The minimum absolute atomic E-state index is 0.0627. The van der Waals surface area contributed by atoms with Crippen molar-refractivity contribution < 1.29 is 13.6 Å². The lowest BCUT2D eigenvalue weighted by Crippen LogP contribution is -2.47. The smallest absolute Gasteiger partial charge is 0.246 e. The molecule has 0 atom stereocenters. The molecule has 4 heterocycles. The second kappa shape index (κ2) is 8.32. The van der Waals surface area contributed by atoms with Gasteiger partial charge in [-0.05, 0) is 33.0 Å². The third kappa shape index (κ3) is 3.85. The van der Waals surface area contributed by atoms with Gasteiger partial charge in [-0.2, -0.15) is 5.10 Å². The summed E-state index contributed by atoms with van der Waals surface area (Å²) in [5, 5.41) is 7.54. The number of halogens is 2. The van der Waals surface area contributed by atoms with Gasteiger partial charge >= 0.3 is 0 Å². The fraction of sp³-hybridized carbons (Fsp3) is 0.391. The molecule has 1 amide bonds. The van der Waals surface area contributed by atoms with Crippen LogP contribution >= 0.6 is 0 Å². The first-order chi connectivity index (χ1) is 16.2. The maximum atomic E-state index is 15.2. The fourth-order valence-corrected chi connectivity index (χ4v) is 4.54. The summed E-state index contributed by atoms with van der Waals surface area (Å²) in [6, 6.07) is 4.56. The van der Waals surface area contributed by atoms with E-state index in [1.165, 1.54) is 11.0 Å². The fourth-order valence-electron chi connectivity index (χ4n) is 4.54. The number of carbonyl (C=O) groups excluding carboxylic acids is 1. The molecule has 5 rings (SSSR count). The summed E-state index contributed by atoms with van der Waals surface area (Å²) in [5.41, 5.74) is 1.91. The Morgan fingerprint density at radius 1 is 1.06 bits per heavy atom. The lowest BCUT2D eigenvalue weighted by Gasteiger charge is -2.38. The first-order valence-corrected chi connectivity index (χ1v) is 11.1. The van der Waals surface area contributed by atoms with Crippen molar-refractivity contribution in [2.75, 3.05) is 42.3 Å².